The van der Waals surface area contributed by atoms with Crippen molar-refractivity contribution in [2.24, 2.45) is 5.84 Å². The Morgan fingerprint density at radius 2 is 1.96 bits per heavy atom. The summed E-state index contributed by atoms with van der Waals surface area (Å²) in [6, 6.07) is 6.81. The maximum absolute atomic E-state index is 11.4. The molecule has 0 heterocycles. The molecule has 1 aliphatic rings. The molecule has 24 heavy (non-hydrogen) atoms. The lowest BCUT2D eigenvalue weighted by molar-refractivity contribution is -0.108. The number of nitrogens with zero attached hydrogens (tertiary/aromatic N) is 1. The molecule has 1 aliphatic carbocycles. The fraction of sp³-hybridized carbons (Fsp3) is 0.235. The van der Waals surface area contributed by atoms with Crippen LogP contribution in [0.5, 0.6) is 0 Å². The Morgan fingerprint density at radius 3 is 2.50 bits per heavy atom. The van der Waals surface area contributed by atoms with Crippen LogP contribution in [-0.2, 0) is 4.79 Å². The molecule has 0 aromatic heterocycles. The van der Waals surface area contributed by atoms with Crippen LogP contribution in [0.4, 0.5) is 0 Å². The van der Waals surface area contributed by atoms with Gasteiger partial charge < -0.3 is 5.01 Å². The average Bonchev–Trinajstić information content (AvgIpc) is 2.52. The average molecular weight is 406 g/mol. The van der Waals surface area contributed by atoms with Gasteiger partial charge in [-0.2, -0.15) is 0 Å². The topological polar surface area (TPSA) is 46.3 Å². The number of benzene rings is 1. The zero-order valence-corrected chi connectivity index (χ0v) is 15.7. The standard InChI is InChI=1S/C17H16Cl4N2O/c1-10(17(21)24)8-16(11-2-4-12(18)5-3-11)23(22)15-7-6-13(19)9-14(15)20/h2-5,7,9,13,16H,1,6,8,22H2/t13-,16?/m0/s1. The Morgan fingerprint density at radius 1 is 1.33 bits per heavy atom. The zero-order valence-electron chi connectivity index (χ0n) is 12.7. The summed E-state index contributed by atoms with van der Waals surface area (Å²) in [4.78, 5) is 11.4. The molecule has 0 radical (unpaired) electrons. The molecule has 1 aromatic carbocycles. The van der Waals surface area contributed by atoms with Crippen molar-refractivity contribution >= 4 is 51.6 Å². The Labute approximate surface area is 161 Å². The van der Waals surface area contributed by atoms with Crippen LogP contribution in [0.1, 0.15) is 24.4 Å². The second-order valence-electron chi connectivity index (χ2n) is 5.41. The van der Waals surface area contributed by atoms with E-state index in [2.05, 4.69) is 6.58 Å². The summed E-state index contributed by atoms with van der Waals surface area (Å²) in [5.74, 6) is 6.32. The van der Waals surface area contributed by atoms with E-state index in [0.717, 1.165) is 5.56 Å². The fourth-order valence-electron chi connectivity index (χ4n) is 2.41. The largest absolute Gasteiger partial charge is 0.302 e. The highest BCUT2D eigenvalue weighted by Crippen LogP contribution is 2.34. The molecule has 1 aromatic rings. The number of nitrogens with two attached hydrogens (primary N) is 1. The highest BCUT2D eigenvalue weighted by atomic mass is 35.5. The molecule has 1 unspecified atom stereocenters. The van der Waals surface area contributed by atoms with Gasteiger partial charge >= 0.3 is 0 Å². The molecular formula is C17H16Cl4N2O. The fourth-order valence-corrected chi connectivity index (χ4v) is 3.22. The van der Waals surface area contributed by atoms with Gasteiger partial charge in [-0.3, -0.25) is 4.79 Å². The monoisotopic (exact) mass is 404 g/mol. The van der Waals surface area contributed by atoms with E-state index in [0.29, 0.717) is 22.2 Å². The van der Waals surface area contributed by atoms with Crippen molar-refractivity contribution in [3.05, 3.63) is 69.9 Å². The lowest BCUT2D eigenvalue weighted by Gasteiger charge is -2.33. The van der Waals surface area contributed by atoms with Crippen LogP contribution < -0.4 is 5.84 Å². The van der Waals surface area contributed by atoms with Gasteiger partial charge in [-0.25, -0.2) is 5.84 Å². The maximum Gasteiger partial charge on any atom is 0.247 e. The third-order valence-corrected chi connectivity index (χ3v) is 4.84. The number of rotatable bonds is 6. The summed E-state index contributed by atoms with van der Waals surface area (Å²) in [7, 11) is 0. The van der Waals surface area contributed by atoms with Crippen molar-refractivity contribution in [2.75, 3.05) is 0 Å². The lowest BCUT2D eigenvalue weighted by atomic mass is 9.98. The molecular weight excluding hydrogens is 390 g/mol. The maximum atomic E-state index is 11.4. The molecule has 0 fully saturated rings. The number of carbonyl (C=O) groups is 1. The van der Waals surface area contributed by atoms with E-state index < -0.39 is 5.24 Å². The van der Waals surface area contributed by atoms with Crippen molar-refractivity contribution in [1.82, 2.24) is 5.01 Å². The molecule has 0 amide bonds. The van der Waals surface area contributed by atoms with Gasteiger partial charge in [0.2, 0.25) is 5.24 Å². The van der Waals surface area contributed by atoms with E-state index in [-0.39, 0.29) is 23.4 Å². The lowest BCUT2D eigenvalue weighted by Crippen LogP contribution is -2.36. The normalized spacial score (nSPS) is 18.5. The van der Waals surface area contributed by atoms with E-state index >= 15 is 0 Å². The highest BCUT2D eigenvalue weighted by molar-refractivity contribution is 6.67. The number of hydrazine groups is 1. The number of hydrogen-bond acceptors (Lipinski definition) is 3. The summed E-state index contributed by atoms with van der Waals surface area (Å²) in [5.41, 5.74) is 1.77. The van der Waals surface area contributed by atoms with Crippen molar-refractivity contribution in [1.29, 1.82) is 0 Å². The van der Waals surface area contributed by atoms with Gasteiger partial charge in [0.15, 0.2) is 0 Å². The van der Waals surface area contributed by atoms with Crippen molar-refractivity contribution in [3.8, 4) is 0 Å². The van der Waals surface area contributed by atoms with Gasteiger partial charge in [0.25, 0.3) is 0 Å². The van der Waals surface area contributed by atoms with Gasteiger partial charge in [-0.05, 0) is 41.8 Å². The van der Waals surface area contributed by atoms with Crippen LogP contribution in [0, 0.1) is 0 Å². The Hall–Kier alpha value is -0.970. The smallest absolute Gasteiger partial charge is 0.247 e. The zero-order chi connectivity index (χ0) is 17.9. The van der Waals surface area contributed by atoms with Gasteiger partial charge in [0.1, 0.15) is 0 Å². The molecule has 128 valence electrons. The van der Waals surface area contributed by atoms with Gasteiger partial charge in [-0.1, -0.05) is 48.0 Å². The van der Waals surface area contributed by atoms with Crippen LogP contribution in [0.25, 0.3) is 0 Å². The minimum absolute atomic E-state index is 0.164. The first-order valence-corrected chi connectivity index (χ1v) is 8.75. The number of carbonyl (C=O) groups excluding carboxylic acids is 1. The summed E-state index contributed by atoms with van der Waals surface area (Å²) in [6.45, 7) is 3.72. The summed E-state index contributed by atoms with van der Waals surface area (Å²) >= 11 is 23.8. The highest BCUT2D eigenvalue weighted by Gasteiger charge is 2.26. The predicted molar refractivity (Wildman–Crippen MR) is 101 cm³/mol. The summed E-state index contributed by atoms with van der Waals surface area (Å²) in [6.07, 6.45) is 4.47. The van der Waals surface area contributed by atoms with Crippen molar-refractivity contribution in [2.45, 2.75) is 24.3 Å². The first kappa shape index (κ1) is 19.4. The first-order chi connectivity index (χ1) is 11.3. The number of allylic oxidation sites excluding steroid dienone is 3. The van der Waals surface area contributed by atoms with Crippen molar-refractivity contribution in [3.63, 3.8) is 0 Å². The second-order valence-corrected chi connectivity index (χ2v) is 7.16. The van der Waals surface area contributed by atoms with Crippen LogP contribution in [0.15, 0.2) is 59.3 Å². The predicted octanol–water partition coefficient (Wildman–Crippen LogP) is 5.29. The molecule has 0 saturated carbocycles. The summed E-state index contributed by atoms with van der Waals surface area (Å²) < 4.78 is 0. The van der Waals surface area contributed by atoms with Crippen LogP contribution in [0.3, 0.4) is 0 Å². The van der Waals surface area contributed by atoms with Crippen LogP contribution >= 0.6 is 46.4 Å². The van der Waals surface area contributed by atoms with Gasteiger partial charge in [0.05, 0.1) is 22.1 Å². The molecule has 2 atom stereocenters. The van der Waals surface area contributed by atoms with Gasteiger partial charge in [-0.15, -0.1) is 11.6 Å². The molecule has 3 nitrogen and oxygen atoms in total. The Kier molecular flexibility index (Phi) is 6.79. The van der Waals surface area contributed by atoms with Crippen molar-refractivity contribution < 1.29 is 4.79 Å². The molecule has 0 aliphatic heterocycles. The minimum Gasteiger partial charge on any atom is -0.302 e. The number of halogens is 4. The summed E-state index contributed by atoms with van der Waals surface area (Å²) in [5, 5.41) is 1.82. The molecule has 2 N–H and O–H groups in total. The first-order valence-electron chi connectivity index (χ1n) is 7.18. The molecule has 0 bridgehead atoms. The Bertz CT molecular complexity index is 697. The number of alkyl halides is 1. The van der Waals surface area contributed by atoms with Crippen LogP contribution in [-0.4, -0.2) is 15.6 Å². The number of hydrogen-bond donors (Lipinski definition) is 1. The van der Waals surface area contributed by atoms with E-state index in [4.69, 9.17) is 52.2 Å². The SMILES string of the molecule is C=C(CC(c1ccc(Cl)cc1)N(N)C1=CC[C@H](Cl)C=C1Cl)C(=O)Cl. The van der Waals surface area contributed by atoms with E-state index in [1.807, 2.05) is 18.2 Å². The molecule has 0 spiro atoms. The van der Waals surface area contributed by atoms with E-state index in [1.165, 1.54) is 5.01 Å². The Balaban J connectivity index is 2.34. The van der Waals surface area contributed by atoms with Crippen LogP contribution in [0.2, 0.25) is 5.02 Å². The van der Waals surface area contributed by atoms with E-state index in [1.54, 1.807) is 18.2 Å². The molecule has 2 rings (SSSR count). The second kappa shape index (κ2) is 8.41. The minimum atomic E-state index is -0.595. The third-order valence-electron chi connectivity index (χ3n) is 3.69. The third kappa shape index (κ3) is 4.78. The quantitative estimate of drug-likeness (QED) is 0.230. The molecule has 0 saturated heterocycles. The van der Waals surface area contributed by atoms with E-state index in [9.17, 15) is 4.79 Å². The van der Waals surface area contributed by atoms with Gasteiger partial charge in [0, 0.05) is 17.0 Å². The molecule has 7 heteroatoms.